The van der Waals surface area contributed by atoms with Gasteiger partial charge in [-0.05, 0) is 45.0 Å². The molecule has 3 rings (SSSR count). The van der Waals surface area contributed by atoms with Gasteiger partial charge >= 0.3 is 11.3 Å². The third-order valence-corrected chi connectivity index (χ3v) is 3.65. The summed E-state index contributed by atoms with van der Waals surface area (Å²) >= 11 is 0. The maximum absolute atomic E-state index is 6.10. The Labute approximate surface area is 136 Å². The molecule has 0 aliphatic heterocycles. The zero-order valence-electron chi connectivity index (χ0n) is 13.8. The lowest BCUT2D eigenvalue weighted by Crippen LogP contribution is -1.95. The van der Waals surface area contributed by atoms with Gasteiger partial charge in [-0.3, -0.25) is 0 Å². The lowest BCUT2D eigenvalue weighted by Gasteiger charge is -2.06. The minimum Gasteiger partial charge on any atom is -0.494 e. The van der Waals surface area contributed by atoms with Gasteiger partial charge in [0.25, 0.3) is 0 Å². The molecular formula is C20H21O3+. The van der Waals surface area contributed by atoms with Gasteiger partial charge in [-0.15, -0.1) is 0 Å². The van der Waals surface area contributed by atoms with Gasteiger partial charge in [0.2, 0.25) is 0 Å². The van der Waals surface area contributed by atoms with Crippen molar-refractivity contribution in [1.29, 1.82) is 0 Å². The molecule has 1 aromatic heterocycles. The average molecular weight is 309 g/mol. The fraction of sp³-hybridized carbons (Fsp3) is 0.250. The number of rotatable bonds is 5. The molecule has 0 atom stereocenters. The highest BCUT2D eigenvalue weighted by Crippen LogP contribution is 2.34. The first-order valence-corrected chi connectivity index (χ1v) is 7.94. The lowest BCUT2D eigenvalue weighted by molar-refractivity contribution is 0.338. The molecule has 0 N–H and O–H groups in total. The molecule has 3 aromatic rings. The van der Waals surface area contributed by atoms with Gasteiger partial charge in [0, 0.05) is 0 Å². The summed E-state index contributed by atoms with van der Waals surface area (Å²) in [6.07, 6.45) is 0. The molecule has 0 unspecified atom stereocenters. The summed E-state index contributed by atoms with van der Waals surface area (Å²) in [4.78, 5) is 0. The number of aryl methyl sites for hydroxylation is 1. The van der Waals surface area contributed by atoms with Gasteiger partial charge in [-0.2, -0.15) is 0 Å². The first-order chi connectivity index (χ1) is 11.2. The highest BCUT2D eigenvalue weighted by molar-refractivity contribution is 5.86. The van der Waals surface area contributed by atoms with Crippen molar-refractivity contribution in [2.75, 3.05) is 13.2 Å². The molecule has 23 heavy (non-hydrogen) atoms. The normalized spacial score (nSPS) is 10.7. The number of hydrogen-bond donors (Lipinski definition) is 0. The molecule has 0 saturated carbocycles. The van der Waals surface area contributed by atoms with E-state index in [1.165, 1.54) is 5.56 Å². The van der Waals surface area contributed by atoms with Gasteiger partial charge in [0.1, 0.15) is 16.9 Å². The van der Waals surface area contributed by atoms with Crippen LogP contribution in [-0.4, -0.2) is 13.2 Å². The Morgan fingerprint density at radius 2 is 1.61 bits per heavy atom. The fourth-order valence-electron chi connectivity index (χ4n) is 2.53. The summed E-state index contributed by atoms with van der Waals surface area (Å²) in [7, 11) is 0. The maximum atomic E-state index is 6.10. The molecule has 0 saturated heterocycles. The van der Waals surface area contributed by atoms with E-state index in [0.717, 1.165) is 33.8 Å². The zero-order chi connectivity index (χ0) is 16.2. The Morgan fingerprint density at radius 3 is 2.30 bits per heavy atom. The van der Waals surface area contributed by atoms with E-state index in [-0.39, 0.29) is 0 Å². The molecule has 1 heterocycles. The van der Waals surface area contributed by atoms with Crippen molar-refractivity contribution in [2.24, 2.45) is 0 Å². The minimum absolute atomic E-state index is 0.611. The monoisotopic (exact) mass is 309 g/mol. The van der Waals surface area contributed by atoms with Crippen LogP contribution in [-0.2, 0) is 0 Å². The number of benzene rings is 2. The zero-order valence-corrected chi connectivity index (χ0v) is 13.8. The molecule has 3 nitrogen and oxygen atoms in total. The molecular weight excluding hydrogens is 288 g/mol. The van der Waals surface area contributed by atoms with Crippen LogP contribution >= 0.6 is 0 Å². The second-order valence-electron chi connectivity index (χ2n) is 5.36. The summed E-state index contributed by atoms with van der Waals surface area (Å²) in [5.74, 6) is 2.41. The van der Waals surface area contributed by atoms with Crippen molar-refractivity contribution in [3.05, 3.63) is 54.1 Å². The first kappa shape index (κ1) is 15.3. The smallest absolute Gasteiger partial charge is 0.368 e. The lowest BCUT2D eigenvalue weighted by atomic mass is 10.1. The van der Waals surface area contributed by atoms with E-state index < -0.39 is 0 Å². The van der Waals surface area contributed by atoms with Crippen LogP contribution < -0.4 is 9.47 Å². The largest absolute Gasteiger partial charge is 0.494 e. The molecule has 118 valence electrons. The fourth-order valence-corrected chi connectivity index (χ4v) is 2.53. The summed E-state index contributed by atoms with van der Waals surface area (Å²) in [5, 5.41) is 0.950. The molecule has 0 aliphatic carbocycles. The summed E-state index contributed by atoms with van der Waals surface area (Å²) in [6.45, 7) is 7.26. The molecule has 0 fully saturated rings. The number of ether oxygens (including phenoxy) is 2. The average Bonchev–Trinajstić information content (AvgIpc) is 2.56. The predicted molar refractivity (Wildman–Crippen MR) is 93.1 cm³/mol. The van der Waals surface area contributed by atoms with Crippen molar-refractivity contribution >= 4 is 11.0 Å². The Morgan fingerprint density at radius 1 is 0.870 bits per heavy atom. The van der Waals surface area contributed by atoms with Crippen LogP contribution in [0.25, 0.3) is 22.3 Å². The van der Waals surface area contributed by atoms with Crippen molar-refractivity contribution < 1.29 is 13.9 Å². The van der Waals surface area contributed by atoms with Crippen molar-refractivity contribution in [3.63, 3.8) is 0 Å². The molecule has 3 heteroatoms. The second-order valence-corrected chi connectivity index (χ2v) is 5.36. The Kier molecular flexibility index (Phi) is 4.47. The van der Waals surface area contributed by atoms with Crippen LogP contribution in [0.2, 0.25) is 0 Å². The number of hydrogen-bond acceptors (Lipinski definition) is 2. The third kappa shape index (κ3) is 3.29. The molecule has 0 radical (unpaired) electrons. The molecule has 0 bridgehead atoms. The Bertz CT molecular complexity index is 807. The van der Waals surface area contributed by atoms with Crippen molar-refractivity contribution in [3.8, 4) is 22.8 Å². The van der Waals surface area contributed by atoms with E-state index in [1.807, 2.05) is 38.1 Å². The van der Waals surface area contributed by atoms with Gasteiger partial charge in [0.15, 0.2) is 0 Å². The van der Waals surface area contributed by atoms with Crippen molar-refractivity contribution in [2.45, 2.75) is 20.8 Å². The Hall–Kier alpha value is -2.55. The standard InChI is InChI=1S/C20H21O3/c1-4-21-16-10-11-17-19(22-5-2)13-18(23-20(17)12-16)15-8-6-14(3)7-9-15/h6-13H,4-5H2,1-3H3/q+1. The summed E-state index contributed by atoms with van der Waals surface area (Å²) in [6, 6.07) is 16.1. The van der Waals surface area contributed by atoms with E-state index in [2.05, 4.69) is 31.2 Å². The van der Waals surface area contributed by atoms with Gasteiger partial charge in [-0.25, -0.2) is 4.42 Å². The van der Waals surface area contributed by atoms with Crippen LogP contribution in [0.5, 0.6) is 11.5 Å². The molecule has 0 amide bonds. The van der Waals surface area contributed by atoms with Crippen LogP contribution in [0.4, 0.5) is 0 Å². The van der Waals surface area contributed by atoms with Crippen molar-refractivity contribution in [1.82, 2.24) is 0 Å². The van der Waals surface area contributed by atoms with Crippen LogP contribution in [0.15, 0.2) is 52.9 Å². The van der Waals surface area contributed by atoms with E-state index in [9.17, 15) is 0 Å². The van der Waals surface area contributed by atoms with Crippen LogP contribution in [0.3, 0.4) is 0 Å². The number of fused-ring (bicyclic) bond motifs is 1. The topological polar surface area (TPSA) is 29.8 Å². The predicted octanol–water partition coefficient (Wildman–Crippen LogP) is 5.49. The second kappa shape index (κ2) is 6.69. The highest BCUT2D eigenvalue weighted by atomic mass is 16.5. The molecule has 2 aromatic carbocycles. The minimum atomic E-state index is 0.611. The summed E-state index contributed by atoms with van der Waals surface area (Å²) < 4.78 is 17.5. The molecule has 0 spiro atoms. The maximum Gasteiger partial charge on any atom is 0.368 e. The first-order valence-electron chi connectivity index (χ1n) is 7.94. The van der Waals surface area contributed by atoms with Gasteiger partial charge in [-0.1, -0.05) is 17.7 Å². The third-order valence-electron chi connectivity index (χ3n) is 3.65. The van der Waals surface area contributed by atoms with E-state index in [4.69, 9.17) is 13.9 Å². The molecule has 0 aliphatic rings. The Balaban J connectivity index is 2.15. The SMILES string of the molecule is CCOc1ccc2c(OCC)cc(-c3ccc(C)cc3)[o+]c2c1. The van der Waals surface area contributed by atoms with E-state index in [0.29, 0.717) is 13.2 Å². The van der Waals surface area contributed by atoms with Crippen LogP contribution in [0, 0.1) is 6.92 Å². The van der Waals surface area contributed by atoms with E-state index >= 15 is 0 Å². The summed E-state index contributed by atoms with van der Waals surface area (Å²) in [5.41, 5.74) is 3.01. The quantitative estimate of drug-likeness (QED) is 0.584. The van der Waals surface area contributed by atoms with E-state index in [1.54, 1.807) is 0 Å². The van der Waals surface area contributed by atoms with Gasteiger partial charge < -0.3 is 9.47 Å². The van der Waals surface area contributed by atoms with Crippen LogP contribution in [0.1, 0.15) is 19.4 Å². The highest BCUT2D eigenvalue weighted by Gasteiger charge is 2.20. The van der Waals surface area contributed by atoms with Gasteiger partial charge in [0.05, 0.1) is 30.9 Å².